The molecule has 0 aromatic carbocycles. The van der Waals surface area contributed by atoms with Crippen LogP contribution in [0, 0.1) is 0 Å². The van der Waals surface area contributed by atoms with Crippen LogP contribution in [0.4, 0.5) is 0 Å². The van der Waals surface area contributed by atoms with Gasteiger partial charge < -0.3 is 86.7 Å². The molecule has 0 fully saturated rings. The molecule has 0 aromatic heterocycles. The minimum Gasteiger partial charge on any atom is -0.480 e. The van der Waals surface area contributed by atoms with Gasteiger partial charge in [0.15, 0.2) is 0 Å². The SMILES string of the molecule is CC(OCC(OC(C)N(CCOOCOC=O)CCOOCOC=O)C(COCCN(CCCOCC(=O)O)CCOCCOCC(=O)O)OCCN(CCCOCC(=O)O)CCOCCOCC(=O)O)N(CCOOCOC=O)CCOOCOC=O. The zero-order valence-electron chi connectivity index (χ0n) is 49.9. The number of carbonyl (C=O) groups is 8. The Balaban J connectivity index is 7.22. The van der Waals surface area contributed by atoms with E-state index in [9.17, 15) is 38.4 Å². The Bertz CT molecular complexity index is 1670. The van der Waals surface area contributed by atoms with Crippen LogP contribution in [0.25, 0.3) is 0 Å². The predicted molar refractivity (Wildman–Crippen MR) is 287 cm³/mol. The molecular weight excluding hydrogens is 1200 g/mol. The molecule has 4 atom stereocenters. The van der Waals surface area contributed by atoms with Crippen molar-refractivity contribution in [1.29, 1.82) is 0 Å². The second-order valence-electron chi connectivity index (χ2n) is 17.4. The van der Waals surface area contributed by atoms with Crippen molar-refractivity contribution in [2.24, 2.45) is 0 Å². The summed E-state index contributed by atoms with van der Waals surface area (Å²) in [4.78, 5) is 134. The zero-order chi connectivity index (χ0) is 64.8. The van der Waals surface area contributed by atoms with E-state index in [1.807, 2.05) is 9.80 Å². The minimum absolute atomic E-state index is 0.0275. The maximum absolute atomic E-state index is 11.1. The average Bonchev–Trinajstić information content (AvgIpc) is 3.70. The van der Waals surface area contributed by atoms with Gasteiger partial charge in [0.1, 0.15) is 51.1 Å². The van der Waals surface area contributed by atoms with Crippen LogP contribution in [0.2, 0.25) is 0 Å². The van der Waals surface area contributed by atoms with E-state index in [0.717, 1.165) is 0 Å². The van der Waals surface area contributed by atoms with E-state index in [4.69, 9.17) is 107 Å². The van der Waals surface area contributed by atoms with Crippen LogP contribution < -0.4 is 0 Å². The summed E-state index contributed by atoms with van der Waals surface area (Å²) in [5.41, 5.74) is 0. The van der Waals surface area contributed by atoms with Crippen molar-refractivity contribution < 1.29 is 164 Å². The topological polar surface area (TPSA) is 434 Å². The van der Waals surface area contributed by atoms with Crippen LogP contribution in [0.1, 0.15) is 26.7 Å². The van der Waals surface area contributed by atoms with Crippen molar-refractivity contribution >= 4 is 49.8 Å². The molecule has 0 aliphatic carbocycles. The fraction of sp³-hybridized carbons (Fsp3) is 0.840. The Labute approximate surface area is 508 Å². The maximum Gasteiger partial charge on any atom is 0.329 e. The molecule has 88 heavy (non-hydrogen) atoms. The average molecular weight is 1290 g/mol. The van der Waals surface area contributed by atoms with Gasteiger partial charge in [-0.25, -0.2) is 38.7 Å². The Morgan fingerprint density at radius 2 is 0.682 bits per heavy atom. The second-order valence-corrected chi connectivity index (χ2v) is 17.4. The quantitative estimate of drug-likeness (QED) is 0.0120. The van der Waals surface area contributed by atoms with E-state index in [0.29, 0.717) is 45.6 Å². The van der Waals surface area contributed by atoms with E-state index >= 15 is 0 Å². The Kier molecular flexibility index (Phi) is 58.5. The summed E-state index contributed by atoms with van der Waals surface area (Å²) in [6.45, 7) is 3.29. The third kappa shape index (κ3) is 55.0. The standard InChI is InChI=1S/C50H90N4O34/c1-43(53(11-21-80-84-39-74-35-55)12-22-81-85-40-75-36-56)79-30-46(88-44(2)54(13-23-82-86-41-76-37-57)14-24-83-87-42-77-38-58)45(78-20-10-52(6-4-16-70-32-48(61)62)8-18-68-26-28-73-34-50(65)66)29-71-19-9-51(5-3-15-69-31-47(59)60)7-17-67-25-27-72-33-49(63)64/h35-38,43-46H,3-34,39-42H2,1-2H3,(H,59,60)(H,61,62)(H,63,64)(H,65,66). The molecule has 514 valence electrons. The molecular formula is C50H90N4O34. The van der Waals surface area contributed by atoms with Gasteiger partial charge in [-0.1, -0.05) is 0 Å². The highest BCUT2D eigenvalue weighted by molar-refractivity contribution is 5.68. The molecule has 0 saturated heterocycles. The number of hydrogen-bond donors (Lipinski definition) is 4. The van der Waals surface area contributed by atoms with Crippen molar-refractivity contribution in [3.8, 4) is 0 Å². The van der Waals surface area contributed by atoms with Crippen LogP contribution in [0.15, 0.2) is 0 Å². The van der Waals surface area contributed by atoms with Crippen LogP contribution in [-0.2, 0) is 144 Å². The third-order valence-corrected chi connectivity index (χ3v) is 11.1. The fourth-order valence-corrected chi connectivity index (χ4v) is 6.98. The van der Waals surface area contributed by atoms with E-state index in [2.05, 4.69) is 18.9 Å². The second kappa shape index (κ2) is 62.1. The first-order valence-corrected chi connectivity index (χ1v) is 27.7. The van der Waals surface area contributed by atoms with E-state index in [-0.39, 0.29) is 164 Å². The molecule has 0 amide bonds. The van der Waals surface area contributed by atoms with Gasteiger partial charge in [-0.2, -0.15) is 19.6 Å². The van der Waals surface area contributed by atoms with Crippen molar-refractivity contribution in [2.45, 2.75) is 51.4 Å². The van der Waals surface area contributed by atoms with E-state index in [1.165, 1.54) is 0 Å². The number of carbonyl (C=O) groups excluding carboxylic acids is 4. The van der Waals surface area contributed by atoms with Gasteiger partial charge in [-0.05, 0) is 26.7 Å². The summed E-state index contributed by atoms with van der Waals surface area (Å²) in [6.07, 6.45) is -2.72. The van der Waals surface area contributed by atoms with Crippen LogP contribution >= 0.6 is 0 Å². The van der Waals surface area contributed by atoms with Gasteiger partial charge in [0.25, 0.3) is 25.9 Å². The largest absolute Gasteiger partial charge is 0.480 e. The van der Waals surface area contributed by atoms with E-state index in [1.54, 1.807) is 23.6 Å². The lowest BCUT2D eigenvalue weighted by atomic mass is 10.2. The summed E-state index contributed by atoms with van der Waals surface area (Å²) in [7, 11) is 0. The number of hydrogen-bond acceptors (Lipinski definition) is 34. The third-order valence-electron chi connectivity index (χ3n) is 11.1. The highest BCUT2D eigenvalue weighted by atomic mass is 17.2. The molecule has 0 heterocycles. The molecule has 38 heteroatoms. The van der Waals surface area contributed by atoms with Crippen molar-refractivity contribution in [3.63, 3.8) is 0 Å². The van der Waals surface area contributed by atoms with Gasteiger partial charge in [0.2, 0.25) is 27.2 Å². The number of nitrogens with zero attached hydrogens (tertiary/aromatic N) is 4. The zero-order valence-corrected chi connectivity index (χ0v) is 49.9. The van der Waals surface area contributed by atoms with Crippen molar-refractivity contribution in [1.82, 2.24) is 19.6 Å². The molecule has 0 rings (SSSR count). The first-order valence-electron chi connectivity index (χ1n) is 27.7. The van der Waals surface area contributed by atoms with Crippen LogP contribution in [-0.4, -0.2) is 339 Å². The molecule has 0 spiro atoms. The van der Waals surface area contributed by atoms with Gasteiger partial charge in [-0.3, -0.25) is 38.8 Å². The molecule has 0 saturated carbocycles. The molecule has 0 aromatic rings. The van der Waals surface area contributed by atoms with Gasteiger partial charge in [-0.15, -0.1) is 0 Å². The number of carboxylic acid groups (broad SMARTS) is 4. The summed E-state index contributed by atoms with van der Waals surface area (Å²) in [5.74, 6) is -4.50. The van der Waals surface area contributed by atoms with Gasteiger partial charge in [0.05, 0.1) is 92.5 Å². The van der Waals surface area contributed by atoms with Crippen LogP contribution in [0.3, 0.4) is 0 Å². The maximum atomic E-state index is 11.1. The molecule has 0 aliphatic rings. The number of carboxylic acids is 4. The highest BCUT2D eigenvalue weighted by Gasteiger charge is 2.30. The lowest BCUT2D eigenvalue weighted by molar-refractivity contribution is -0.337. The van der Waals surface area contributed by atoms with Gasteiger partial charge in [0, 0.05) is 78.7 Å². The Hall–Kier alpha value is -5.12. The first kappa shape index (κ1) is 82.9. The molecule has 0 bridgehead atoms. The number of rotatable bonds is 73. The summed E-state index contributed by atoms with van der Waals surface area (Å²) < 4.78 is 76.6. The summed E-state index contributed by atoms with van der Waals surface area (Å²) in [5, 5.41) is 35.9. The van der Waals surface area contributed by atoms with E-state index < -0.39 is 102 Å². The molecule has 4 N–H and O–H groups in total. The smallest absolute Gasteiger partial charge is 0.329 e. The first-order chi connectivity index (χ1) is 42.8. The number of ether oxygens (including phenoxy) is 14. The lowest BCUT2D eigenvalue weighted by Gasteiger charge is -2.36. The van der Waals surface area contributed by atoms with Crippen molar-refractivity contribution in [3.05, 3.63) is 0 Å². The van der Waals surface area contributed by atoms with Crippen LogP contribution in [0.5, 0.6) is 0 Å². The predicted octanol–water partition coefficient (Wildman–Crippen LogP) is -2.78. The van der Waals surface area contributed by atoms with Crippen molar-refractivity contribution in [2.75, 3.05) is 225 Å². The molecule has 4 unspecified atom stereocenters. The highest BCUT2D eigenvalue weighted by Crippen LogP contribution is 2.16. The lowest BCUT2D eigenvalue weighted by Crippen LogP contribution is -2.49. The van der Waals surface area contributed by atoms with Gasteiger partial charge >= 0.3 is 23.9 Å². The summed E-state index contributed by atoms with van der Waals surface area (Å²) in [6, 6.07) is 0. The molecule has 0 aliphatic heterocycles. The number of aliphatic carboxylic acids is 4. The normalized spacial score (nSPS) is 12.9. The minimum atomic E-state index is -1.13. The molecule has 38 nitrogen and oxygen atoms in total. The summed E-state index contributed by atoms with van der Waals surface area (Å²) >= 11 is 0. The monoisotopic (exact) mass is 1290 g/mol. The Morgan fingerprint density at radius 1 is 0.341 bits per heavy atom. The fourth-order valence-electron chi connectivity index (χ4n) is 6.98. The Morgan fingerprint density at radius 3 is 1.06 bits per heavy atom. The molecule has 0 radical (unpaired) electrons.